The molecule has 0 spiro atoms. The fourth-order valence-electron chi connectivity index (χ4n) is 1.43. The van der Waals surface area contributed by atoms with Crippen LogP contribution in [0, 0.1) is 0 Å². The predicted octanol–water partition coefficient (Wildman–Crippen LogP) is 3.22. The van der Waals surface area contributed by atoms with Crippen molar-refractivity contribution in [3.8, 4) is 0 Å². The molecule has 1 rings (SSSR count). The minimum atomic E-state index is 0.667. The van der Waals surface area contributed by atoms with Crippen LogP contribution in [-0.2, 0) is 12.2 Å². The molecule has 0 heterocycles. The van der Waals surface area contributed by atoms with Crippen molar-refractivity contribution in [2.45, 2.75) is 37.7 Å². The van der Waals surface area contributed by atoms with Gasteiger partial charge in [-0.05, 0) is 30.5 Å². The average Bonchev–Trinajstić information content (AvgIpc) is 2.27. The molecule has 84 valence electrons. The summed E-state index contributed by atoms with van der Waals surface area (Å²) in [6.07, 6.45) is 2.23. The Kier molecular flexibility index (Phi) is 5.81. The van der Waals surface area contributed by atoms with Gasteiger partial charge < -0.3 is 5.73 Å². The molecule has 0 aliphatic carbocycles. The van der Waals surface area contributed by atoms with Gasteiger partial charge in [0, 0.05) is 11.0 Å². The zero-order chi connectivity index (χ0) is 11.1. The van der Waals surface area contributed by atoms with Crippen LogP contribution in [0.1, 0.15) is 31.4 Å². The first-order valence-corrected chi connectivity index (χ1v) is 6.70. The largest absolute Gasteiger partial charge is 0.330 e. The van der Waals surface area contributed by atoms with E-state index in [0.29, 0.717) is 5.25 Å². The molecule has 2 heteroatoms. The van der Waals surface area contributed by atoms with Crippen molar-refractivity contribution in [3.63, 3.8) is 0 Å². The van der Waals surface area contributed by atoms with Crippen molar-refractivity contribution in [1.29, 1.82) is 0 Å². The molecule has 15 heavy (non-hydrogen) atoms. The van der Waals surface area contributed by atoms with E-state index in [0.717, 1.165) is 25.1 Å². The molecule has 0 aliphatic heterocycles. The van der Waals surface area contributed by atoms with Gasteiger partial charge in [-0.2, -0.15) is 11.8 Å². The van der Waals surface area contributed by atoms with Crippen LogP contribution in [0.25, 0.3) is 0 Å². The Balaban J connectivity index is 2.37. The third kappa shape index (κ3) is 4.72. The van der Waals surface area contributed by atoms with E-state index in [1.54, 1.807) is 0 Å². The summed E-state index contributed by atoms with van der Waals surface area (Å²) < 4.78 is 0. The van der Waals surface area contributed by atoms with Crippen molar-refractivity contribution in [3.05, 3.63) is 35.4 Å². The molecular weight excluding hydrogens is 202 g/mol. The second-order valence-electron chi connectivity index (χ2n) is 3.87. The van der Waals surface area contributed by atoms with Gasteiger partial charge in [-0.15, -0.1) is 0 Å². The van der Waals surface area contributed by atoms with Gasteiger partial charge in [-0.3, -0.25) is 0 Å². The molecule has 1 nitrogen and oxygen atoms in total. The first-order chi connectivity index (χ1) is 7.26. The van der Waals surface area contributed by atoms with E-state index < -0.39 is 0 Å². The van der Waals surface area contributed by atoms with Crippen molar-refractivity contribution in [2.75, 3.05) is 6.54 Å². The van der Waals surface area contributed by atoms with Crippen molar-refractivity contribution >= 4 is 11.8 Å². The topological polar surface area (TPSA) is 26.0 Å². The maximum absolute atomic E-state index is 5.52. The van der Waals surface area contributed by atoms with Crippen LogP contribution in [-0.4, -0.2) is 11.8 Å². The number of aryl methyl sites for hydroxylation is 1. The van der Waals surface area contributed by atoms with Crippen LogP contribution in [0.3, 0.4) is 0 Å². The van der Waals surface area contributed by atoms with Gasteiger partial charge in [-0.1, -0.05) is 38.1 Å². The average molecular weight is 223 g/mol. The molecule has 0 bridgehead atoms. The van der Waals surface area contributed by atoms with Gasteiger partial charge in [0.1, 0.15) is 0 Å². The molecular formula is C13H21NS. The van der Waals surface area contributed by atoms with Crippen LogP contribution in [0.15, 0.2) is 24.3 Å². The highest BCUT2D eigenvalue weighted by Crippen LogP contribution is 2.19. The van der Waals surface area contributed by atoms with Gasteiger partial charge in [0.05, 0.1) is 0 Å². The van der Waals surface area contributed by atoms with Gasteiger partial charge >= 0.3 is 0 Å². The highest BCUT2D eigenvalue weighted by Gasteiger charge is 2.01. The number of hydrogen-bond donors (Lipinski definition) is 1. The van der Waals surface area contributed by atoms with Gasteiger partial charge in [0.2, 0.25) is 0 Å². The molecule has 1 unspecified atom stereocenters. The summed E-state index contributed by atoms with van der Waals surface area (Å²) in [4.78, 5) is 0. The van der Waals surface area contributed by atoms with E-state index in [4.69, 9.17) is 5.73 Å². The molecule has 1 atom stereocenters. The lowest BCUT2D eigenvalue weighted by Gasteiger charge is -2.09. The molecule has 0 saturated carbocycles. The standard InChI is InChI=1S/C13H21NS/c1-3-12-4-6-13(7-5-12)10-15-11(2)8-9-14/h4-7,11H,3,8-10,14H2,1-2H3. The summed E-state index contributed by atoms with van der Waals surface area (Å²) >= 11 is 1.99. The van der Waals surface area contributed by atoms with Crippen molar-refractivity contribution in [1.82, 2.24) is 0 Å². The Hall–Kier alpha value is -0.470. The van der Waals surface area contributed by atoms with E-state index in [1.807, 2.05) is 11.8 Å². The summed E-state index contributed by atoms with van der Waals surface area (Å²) in [5, 5.41) is 0.667. The molecule has 2 N–H and O–H groups in total. The summed E-state index contributed by atoms with van der Waals surface area (Å²) in [6.45, 7) is 5.23. The molecule has 1 aromatic carbocycles. The second kappa shape index (κ2) is 6.91. The van der Waals surface area contributed by atoms with Crippen LogP contribution in [0.4, 0.5) is 0 Å². The molecule has 0 amide bonds. The van der Waals surface area contributed by atoms with Crippen LogP contribution in [0.2, 0.25) is 0 Å². The maximum atomic E-state index is 5.52. The summed E-state index contributed by atoms with van der Waals surface area (Å²) in [7, 11) is 0. The Labute approximate surface area is 97.4 Å². The molecule has 1 aromatic rings. The summed E-state index contributed by atoms with van der Waals surface area (Å²) in [5.74, 6) is 1.10. The molecule has 0 radical (unpaired) electrons. The predicted molar refractivity (Wildman–Crippen MR) is 70.2 cm³/mol. The van der Waals surface area contributed by atoms with Gasteiger partial charge in [0.15, 0.2) is 0 Å². The van der Waals surface area contributed by atoms with Crippen LogP contribution >= 0.6 is 11.8 Å². The lowest BCUT2D eigenvalue weighted by molar-refractivity contribution is 0.823. The SMILES string of the molecule is CCc1ccc(CSC(C)CCN)cc1. The quantitative estimate of drug-likeness (QED) is 0.801. The Bertz CT molecular complexity index is 268. The third-order valence-electron chi connectivity index (χ3n) is 2.54. The zero-order valence-electron chi connectivity index (χ0n) is 9.70. The Morgan fingerprint density at radius 2 is 1.80 bits per heavy atom. The smallest absolute Gasteiger partial charge is 0.0187 e. The lowest BCUT2D eigenvalue weighted by Crippen LogP contribution is -2.07. The van der Waals surface area contributed by atoms with Gasteiger partial charge in [-0.25, -0.2) is 0 Å². The highest BCUT2D eigenvalue weighted by atomic mass is 32.2. The lowest BCUT2D eigenvalue weighted by atomic mass is 10.1. The normalized spacial score (nSPS) is 12.7. The maximum Gasteiger partial charge on any atom is 0.0187 e. The minimum Gasteiger partial charge on any atom is -0.330 e. The monoisotopic (exact) mass is 223 g/mol. The molecule has 0 fully saturated rings. The number of benzene rings is 1. The van der Waals surface area contributed by atoms with E-state index in [2.05, 4.69) is 38.1 Å². The van der Waals surface area contributed by atoms with E-state index in [9.17, 15) is 0 Å². The summed E-state index contributed by atoms with van der Waals surface area (Å²) in [5.41, 5.74) is 8.36. The molecule has 0 aliphatic rings. The first kappa shape index (κ1) is 12.6. The fraction of sp³-hybridized carbons (Fsp3) is 0.538. The van der Waals surface area contributed by atoms with E-state index >= 15 is 0 Å². The van der Waals surface area contributed by atoms with E-state index in [-0.39, 0.29) is 0 Å². The molecule has 0 aromatic heterocycles. The number of rotatable bonds is 6. The Morgan fingerprint density at radius 3 is 2.33 bits per heavy atom. The number of thioether (sulfide) groups is 1. The van der Waals surface area contributed by atoms with E-state index in [1.165, 1.54) is 11.1 Å². The first-order valence-electron chi connectivity index (χ1n) is 5.65. The second-order valence-corrected chi connectivity index (χ2v) is 5.30. The van der Waals surface area contributed by atoms with Crippen molar-refractivity contribution < 1.29 is 0 Å². The van der Waals surface area contributed by atoms with Crippen molar-refractivity contribution in [2.24, 2.45) is 5.73 Å². The number of hydrogen-bond acceptors (Lipinski definition) is 2. The van der Waals surface area contributed by atoms with Gasteiger partial charge in [0.25, 0.3) is 0 Å². The minimum absolute atomic E-state index is 0.667. The fourth-order valence-corrected chi connectivity index (χ4v) is 2.40. The molecule has 0 saturated heterocycles. The third-order valence-corrected chi connectivity index (χ3v) is 3.84. The zero-order valence-corrected chi connectivity index (χ0v) is 10.5. The highest BCUT2D eigenvalue weighted by molar-refractivity contribution is 7.99. The Morgan fingerprint density at radius 1 is 1.20 bits per heavy atom. The van der Waals surface area contributed by atoms with Crippen LogP contribution in [0.5, 0.6) is 0 Å². The van der Waals surface area contributed by atoms with Crippen LogP contribution < -0.4 is 5.73 Å². The summed E-state index contributed by atoms with van der Waals surface area (Å²) in [6, 6.07) is 8.93. The number of nitrogens with two attached hydrogens (primary N) is 1.